The summed E-state index contributed by atoms with van der Waals surface area (Å²) < 4.78 is 7.16. The van der Waals surface area contributed by atoms with Crippen molar-refractivity contribution in [3.8, 4) is 0 Å². The van der Waals surface area contributed by atoms with Crippen LogP contribution in [0, 0.1) is 0 Å². The van der Waals surface area contributed by atoms with Crippen molar-refractivity contribution in [3.63, 3.8) is 0 Å². The van der Waals surface area contributed by atoms with E-state index in [1.54, 1.807) is 0 Å². The zero-order chi connectivity index (χ0) is 24.0. The topological polar surface area (TPSA) is 29.5 Å². The zero-order valence-corrected chi connectivity index (χ0v) is 22.9. The number of unbranched alkanes of at least 4 members (excludes halogenated alkanes) is 13. The fourth-order valence-corrected chi connectivity index (χ4v) is 5.16. The van der Waals surface area contributed by atoms with Crippen LogP contribution in [-0.2, 0) is 9.53 Å². The SMILES string of the molecule is CCCCCCCCCCCCCCOCC[N+](CCCC)(CCCC)CN1CCCC1=O. The van der Waals surface area contributed by atoms with Gasteiger partial charge in [-0.05, 0) is 25.7 Å². The third kappa shape index (κ3) is 15.1. The van der Waals surface area contributed by atoms with Crippen LogP contribution in [0.2, 0.25) is 0 Å². The van der Waals surface area contributed by atoms with E-state index >= 15 is 0 Å². The molecule has 0 saturated carbocycles. The second-order valence-electron chi connectivity index (χ2n) is 10.6. The Morgan fingerprint density at radius 1 is 0.667 bits per heavy atom. The molecule has 0 aromatic carbocycles. The average molecular weight is 468 g/mol. The Hall–Kier alpha value is -0.610. The highest BCUT2D eigenvalue weighted by Gasteiger charge is 2.33. The van der Waals surface area contributed by atoms with E-state index in [1.807, 2.05) is 0 Å². The lowest BCUT2D eigenvalue weighted by Crippen LogP contribution is -2.57. The van der Waals surface area contributed by atoms with Gasteiger partial charge < -0.3 is 9.22 Å². The monoisotopic (exact) mass is 467 g/mol. The zero-order valence-electron chi connectivity index (χ0n) is 22.9. The van der Waals surface area contributed by atoms with Gasteiger partial charge in [0.2, 0.25) is 5.91 Å². The maximum atomic E-state index is 12.3. The van der Waals surface area contributed by atoms with E-state index in [1.165, 1.54) is 116 Å². The van der Waals surface area contributed by atoms with Crippen molar-refractivity contribution >= 4 is 5.91 Å². The van der Waals surface area contributed by atoms with Crippen molar-refractivity contribution in [2.24, 2.45) is 0 Å². The summed E-state index contributed by atoms with van der Waals surface area (Å²) in [4.78, 5) is 14.4. The maximum absolute atomic E-state index is 12.3. The lowest BCUT2D eigenvalue weighted by Gasteiger charge is -2.41. The van der Waals surface area contributed by atoms with Crippen molar-refractivity contribution in [3.05, 3.63) is 0 Å². The van der Waals surface area contributed by atoms with Gasteiger partial charge in [0.05, 0.1) is 19.7 Å². The van der Waals surface area contributed by atoms with E-state index in [2.05, 4.69) is 25.7 Å². The van der Waals surface area contributed by atoms with E-state index in [9.17, 15) is 4.79 Å². The van der Waals surface area contributed by atoms with Gasteiger partial charge in [-0.25, -0.2) is 0 Å². The first-order valence-electron chi connectivity index (χ1n) is 14.9. The van der Waals surface area contributed by atoms with Crippen LogP contribution in [0.25, 0.3) is 0 Å². The van der Waals surface area contributed by atoms with Crippen LogP contribution in [0.15, 0.2) is 0 Å². The molecule has 0 N–H and O–H groups in total. The number of carbonyl (C=O) groups is 1. The fourth-order valence-electron chi connectivity index (χ4n) is 5.16. The minimum atomic E-state index is 0.364. The van der Waals surface area contributed by atoms with Gasteiger partial charge in [-0.15, -0.1) is 0 Å². The first kappa shape index (κ1) is 30.4. The molecule has 1 saturated heterocycles. The van der Waals surface area contributed by atoms with Crippen LogP contribution in [0.4, 0.5) is 0 Å². The summed E-state index contributed by atoms with van der Waals surface area (Å²) >= 11 is 0. The molecule has 0 aromatic heterocycles. The molecule has 4 nitrogen and oxygen atoms in total. The molecule has 4 heteroatoms. The van der Waals surface area contributed by atoms with E-state index in [0.717, 1.165) is 50.3 Å². The van der Waals surface area contributed by atoms with E-state index in [0.29, 0.717) is 5.91 Å². The smallest absolute Gasteiger partial charge is 0.226 e. The molecule has 0 bridgehead atoms. The summed E-state index contributed by atoms with van der Waals surface area (Å²) in [5, 5.41) is 0. The van der Waals surface area contributed by atoms with Gasteiger partial charge in [-0.1, -0.05) is 104 Å². The highest BCUT2D eigenvalue weighted by atomic mass is 16.5. The predicted molar refractivity (Wildman–Crippen MR) is 142 cm³/mol. The Labute approximate surface area is 207 Å². The molecular weight excluding hydrogens is 408 g/mol. The molecule has 0 aromatic rings. The number of amides is 1. The maximum Gasteiger partial charge on any atom is 0.226 e. The molecule has 33 heavy (non-hydrogen) atoms. The quantitative estimate of drug-likeness (QED) is 0.107. The summed E-state index contributed by atoms with van der Waals surface area (Å²) in [5.74, 6) is 0.364. The molecule has 1 amide bonds. The van der Waals surface area contributed by atoms with Gasteiger partial charge in [0.25, 0.3) is 0 Å². The summed E-state index contributed by atoms with van der Waals surface area (Å²) in [6, 6.07) is 0. The number of quaternary nitrogens is 1. The fraction of sp³-hybridized carbons (Fsp3) is 0.966. The van der Waals surface area contributed by atoms with Gasteiger partial charge >= 0.3 is 0 Å². The van der Waals surface area contributed by atoms with Gasteiger partial charge in [-0.3, -0.25) is 9.69 Å². The van der Waals surface area contributed by atoms with Crippen LogP contribution in [0.3, 0.4) is 0 Å². The number of ether oxygens (including phenoxy) is 1. The van der Waals surface area contributed by atoms with E-state index < -0.39 is 0 Å². The Morgan fingerprint density at radius 3 is 1.67 bits per heavy atom. The Kier molecular flexibility index (Phi) is 19.1. The number of carbonyl (C=O) groups excluding carboxylic acids is 1. The molecule has 0 spiro atoms. The van der Waals surface area contributed by atoms with Crippen LogP contribution >= 0.6 is 0 Å². The van der Waals surface area contributed by atoms with Crippen molar-refractivity contribution in [1.82, 2.24) is 4.90 Å². The highest BCUT2D eigenvalue weighted by Crippen LogP contribution is 2.19. The summed E-state index contributed by atoms with van der Waals surface area (Å²) in [7, 11) is 0. The first-order chi connectivity index (χ1) is 16.2. The van der Waals surface area contributed by atoms with Crippen LogP contribution in [-0.4, -0.2) is 61.4 Å². The van der Waals surface area contributed by atoms with Gasteiger partial charge in [0.1, 0.15) is 6.54 Å². The normalized spacial score (nSPS) is 14.5. The first-order valence-corrected chi connectivity index (χ1v) is 14.9. The van der Waals surface area contributed by atoms with Crippen LogP contribution in [0.5, 0.6) is 0 Å². The van der Waals surface area contributed by atoms with Gasteiger partial charge in [0, 0.05) is 19.6 Å². The second kappa shape index (κ2) is 20.7. The Balaban J connectivity index is 2.18. The molecule has 0 unspecified atom stereocenters. The third-order valence-electron chi connectivity index (χ3n) is 7.47. The van der Waals surface area contributed by atoms with Crippen molar-refractivity contribution in [1.29, 1.82) is 0 Å². The lowest BCUT2D eigenvalue weighted by atomic mass is 10.1. The molecule has 0 aliphatic carbocycles. The minimum absolute atomic E-state index is 0.364. The standard InChI is InChI=1S/C29H59N2O2/c1-4-7-10-11-12-13-14-15-16-17-18-19-26-33-27-25-31(23-8-5-2,24-9-6-3)28-30-22-20-21-29(30)32/h4-28H2,1-3H3/q+1. The third-order valence-corrected chi connectivity index (χ3v) is 7.47. The molecule has 1 rings (SSSR count). The van der Waals surface area contributed by atoms with Crippen LogP contribution < -0.4 is 0 Å². The molecule has 1 fully saturated rings. The summed E-state index contributed by atoms with van der Waals surface area (Å²) in [6.07, 6.45) is 23.3. The van der Waals surface area contributed by atoms with Crippen LogP contribution in [0.1, 0.15) is 136 Å². The summed E-state index contributed by atoms with van der Waals surface area (Å²) in [5.41, 5.74) is 0. The molecule has 0 radical (unpaired) electrons. The van der Waals surface area contributed by atoms with E-state index in [-0.39, 0.29) is 0 Å². The van der Waals surface area contributed by atoms with Crippen molar-refractivity contribution < 1.29 is 14.0 Å². The Morgan fingerprint density at radius 2 is 1.18 bits per heavy atom. The molecule has 1 aliphatic rings. The van der Waals surface area contributed by atoms with Gasteiger partial charge in [-0.2, -0.15) is 0 Å². The Bertz CT molecular complexity index is 447. The predicted octanol–water partition coefficient (Wildman–Crippen LogP) is 7.70. The molecule has 1 heterocycles. The minimum Gasteiger partial charge on any atom is -0.376 e. The number of rotatable bonds is 24. The molecular formula is C29H59N2O2+. The largest absolute Gasteiger partial charge is 0.376 e. The number of nitrogens with zero attached hydrogens (tertiary/aromatic N) is 2. The van der Waals surface area contributed by atoms with Gasteiger partial charge in [0.15, 0.2) is 6.67 Å². The lowest BCUT2D eigenvalue weighted by molar-refractivity contribution is -0.936. The number of likely N-dealkylation sites (tertiary alicyclic amines) is 1. The number of hydrogen-bond acceptors (Lipinski definition) is 2. The van der Waals surface area contributed by atoms with Crippen molar-refractivity contribution in [2.45, 2.75) is 136 Å². The molecule has 1 aliphatic heterocycles. The van der Waals surface area contributed by atoms with Crippen molar-refractivity contribution in [2.75, 3.05) is 46.1 Å². The van der Waals surface area contributed by atoms with E-state index in [4.69, 9.17) is 4.74 Å². The highest BCUT2D eigenvalue weighted by molar-refractivity contribution is 5.77. The molecule has 0 atom stereocenters. The number of hydrogen-bond donors (Lipinski definition) is 0. The molecule has 196 valence electrons. The summed E-state index contributed by atoms with van der Waals surface area (Å²) in [6.45, 7) is 13.9. The average Bonchev–Trinajstić information content (AvgIpc) is 3.22. The second-order valence-corrected chi connectivity index (χ2v) is 10.6.